The van der Waals surface area contributed by atoms with E-state index in [9.17, 15) is 0 Å². The van der Waals surface area contributed by atoms with Crippen molar-refractivity contribution >= 4 is 29.9 Å². The molecule has 29 heavy (non-hydrogen) atoms. The number of nitrogens with one attached hydrogen (secondary N) is 2. The average Bonchev–Trinajstić information content (AvgIpc) is 2.74. The molecule has 1 fully saturated rings. The largest absolute Gasteiger partial charge is 0.357 e. The van der Waals surface area contributed by atoms with E-state index >= 15 is 0 Å². The number of hydrogen-bond acceptors (Lipinski definition) is 3. The Morgan fingerprint density at radius 1 is 1.00 bits per heavy atom. The van der Waals surface area contributed by atoms with Crippen molar-refractivity contribution in [3.63, 3.8) is 0 Å². The number of nitrogens with zero attached hydrogens (tertiary/aromatic N) is 3. The maximum absolute atomic E-state index is 4.82. The molecule has 2 aromatic rings. The van der Waals surface area contributed by atoms with Gasteiger partial charge in [-0.25, -0.2) is 4.99 Å². The van der Waals surface area contributed by atoms with Crippen LogP contribution in [0.4, 0.5) is 0 Å². The third kappa shape index (κ3) is 8.30. The first-order valence-electron chi connectivity index (χ1n) is 10.6. The SMILES string of the molecule is CCNC(=NCc1ccccc1CN1CCCCC1)NCCc1ccccn1.I. The Kier molecular flexibility index (Phi) is 11.0. The molecule has 6 heteroatoms. The first kappa shape index (κ1) is 23.6. The summed E-state index contributed by atoms with van der Waals surface area (Å²) < 4.78 is 0. The van der Waals surface area contributed by atoms with Gasteiger partial charge in [-0.1, -0.05) is 36.8 Å². The number of guanidine groups is 1. The van der Waals surface area contributed by atoms with Crippen molar-refractivity contribution in [3.05, 3.63) is 65.5 Å². The van der Waals surface area contributed by atoms with E-state index in [0.29, 0.717) is 6.54 Å². The minimum Gasteiger partial charge on any atom is -0.357 e. The molecule has 2 heterocycles. The number of aliphatic imine (C=N–C) groups is 1. The minimum atomic E-state index is 0. The lowest BCUT2D eigenvalue weighted by Crippen LogP contribution is -2.38. The summed E-state index contributed by atoms with van der Waals surface area (Å²) in [7, 11) is 0. The van der Waals surface area contributed by atoms with Crippen molar-refractivity contribution in [1.29, 1.82) is 0 Å². The maximum atomic E-state index is 4.82. The van der Waals surface area contributed by atoms with E-state index in [1.807, 2.05) is 18.3 Å². The lowest BCUT2D eigenvalue weighted by Gasteiger charge is -2.27. The molecule has 1 aromatic heterocycles. The zero-order valence-electron chi connectivity index (χ0n) is 17.4. The van der Waals surface area contributed by atoms with Crippen LogP contribution in [0.25, 0.3) is 0 Å². The number of halogens is 1. The molecule has 0 amide bonds. The van der Waals surface area contributed by atoms with Gasteiger partial charge in [0.2, 0.25) is 0 Å². The van der Waals surface area contributed by atoms with E-state index in [0.717, 1.165) is 37.7 Å². The summed E-state index contributed by atoms with van der Waals surface area (Å²) in [6.07, 6.45) is 6.75. The summed E-state index contributed by atoms with van der Waals surface area (Å²) in [5.41, 5.74) is 3.81. The highest BCUT2D eigenvalue weighted by Gasteiger charge is 2.12. The molecule has 0 aliphatic carbocycles. The van der Waals surface area contributed by atoms with Gasteiger partial charge in [-0.15, -0.1) is 24.0 Å². The van der Waals surface area contributed by atoms with Gasteiger partial charge in [0.1, 0.15) is 0 Å². The van der Waals surface area contributed by atoms with E-state index in [2.05, 4.69) is 57.8 Å². The molecule has 0 spiro atoms. The highest BCUT2D eigenvalue weighted by Crippen LogP contribution is 2.16. The summed E-state index contributed by atoms with van der Waals surface area (Å²) in [6, 6.07) is 14.8. The fourth-order valence-corrected chi connectivity index (χ4v) is 3.59. The van der Waals surface area contributed by atoms with Crippen LogP contribution >= 0.6 is 24.0 Å². The molecular weight excluding hydrogens is 473 g/mol. The van der Waals surface area contributed by atoms with Gasteiger partial charge in [0, 0.05) is 37.9 Å². The molecule has 1 aromatic carbocycles. The van der Waals surface area contributed by atoms with Crippen molar-refractivity contribution in [3.8, 4) is 0 Å². The van der Waals surface area contributed by atoms with Gasteiger partial charge in [-0.3, -0.25) is 9.88 Å². The number of likely N-dealkylation sites (tertiary alicyclic amines) is 1. The maximum Gasteiger partial charge on any atom is 0.191 e. The van der Waals surface area contributed by atoms with Gasteiger partial charge < -0.3 is 10.6 Å². The standard InChI is InChI=1S/C23H33N5.HI/c1-2-24-23(26-15-13-22-12-6-7-14-25-22)27-18-20-10-4-5-11-21(20)19-28-16-8-3-9-17-28;/h4-7,10-12,14H,2-3,8-9,13,15-19H2,1H3,(H2,24,26,27);1H. The van der Waals surface area contributed by atoms with E-state index in [1.165, 1.54) is 43.5 Å². The normalized spacial score (nSPS) is 14.9. The van der Waals surface area contributed by atoms with Gasteiger partial charge in [0.15, 0.2) is 5.96 Å². The van der Waals surface area contributed by atoms with Crippen LogP contribution in [-0.4, -0.2) is 42.0 Å². The van der Waals surface area contributed by atoms with Crippen LogP contribution in [0, 0.1) is 0 Å². The molecule has 1 aliphatic heterocycles. The Labute approximate surface area is 192 Å². The van der Waals surface area contributed by atoms with E-state index in [4.69, 9.17) is 4.99 Å². The lowest BCUT2D eigenvalue weighted by molar-refractivity contribution is 0.220. The number of benzene rings is 1. The summed E-state index contributed by atoms with van der Waals surface area (Å²) in [5, 5.41) is 6.78. The Balaban J connectivity index is 0.00000300. The van der Waals surface area contributed by atoms with Crippen LogP contribution in [0.5, 0.6) is 0 Å². The zero-order valence-corrected chi connectivity index (χ0v) is 19.8. The molecule has 5 nitrogen and oxygen atoms in total. The minimum absolute atomic E-state index is 0. The van der Waals surface area contributed by atoms with E-state index in [1.54, 1.807) is 0 Å². The second-order valence-electron chi connectivity index (χ2n) is 7.30. The van der Waals surface area contributed by atoms with Crippen LogP contribution in [0.3, 0.4) is 0 Å². The quantitative estimate of drug-likeness (QED) is 0.323. The van der Waals surface area contributed by atoms with Crippen molar-refractivity contribution in [2.24, 2.45) is 4.99 Å². The highest BCUT2D eigenvalue weighted by atomic mass is 127. The third-order valence-corrected chi connectivity index (χ3v) is 5.11. The zero-order chi connectivity index (χ0) is 19.4. The Morgan fingerprint density at radius 2 is 1.76 bits per heavy atom. The Hall–Kier alpha value is -1.67. The van der Waals surface area contributed by atoms with Gasteiger partial charge in [-0.2, -0.15) is 0 Å². The van der Waals surface area contributed by atoms with E-state index in [-0.39, 0.29) is 24.0 Å². The first-order chi connectivity index (χ1) is 13.8. The van der Waals surface area contributed by atoms with Gasteiger partial charge >= 0.3 is 0 Å². The molecule has 1 saturated heterocycles. The van der Waals surface area contributed by atoms with Crippen LogP contribution in [0.15, 0.2) is 53.7 Å². The third-order valence-electron chi connectivity index (χ3n) is 5.11. The number of hydrogen-bond donors (Lipinski definition) is 2. The molecule has 0 unspecified atom stereocenters. The molecule has 0 radical (unpaired) electrons. The predicted octanol–water partition coefficient (Wildman–Crippen LogP) is 3.98. The van der Waals surface area contributed by atoms with Crippen molar-refractivity contribution < 1.29 is 0 Å². The highest BCUT2D eigenvalue weighted by molar-refractivity contribution is 14.0. The lowest BCUT2D eigenvalue weighted by atomic mass is 10.1. The fourth-order valence-electron chi connectivity index (χ4n) is 3.59. The van der Waals surface area contributed by atoms with Crippen molar-refractivity contribution in [2.75, 3.05) is 26.2 Å². The van der Waals surface area contributed by atoms with Crippen molar-refractivity contribution in [2.45, 2.75) is 45.7 Å². The average molecular weight is 507 g/mol. The summed E-state index contributed by atoms with van der Waals surface area (Å²) >= 11 is 0. The smallest absolute Gasteiger partial charge is 0.191 e. The molecule has 0 bridgehead atoms. The van der Waals surface area contributed by atoms with Crippen LogP contribution < -0.4 is 10.6 Å². The molecule has 2 N–H and O–H groups in total. The van der Waals surface area contributed by atoms with E-state index < -0.39 is 0 Å². The number of aromatic nitrogens is 1. The predicted molar refractivity (Wildman–Crippen MR) is 132 cm³/mol. The Morgan fingerprint density at radius 3 is 2.48 bits per heavy atom. The van der Waals surface area contributed by atoms with Crippen LogP contribution in [-0.2, 0) is 19.5 Å². The van der Waals surface area contributed by atoms with Crippen LogP contribution in [0.1, 0.15) is 43.0 Å². The number of rotatable bonds is 8. The van der Waals surface area contributed by atoms with Gasteiger partial charge in [0.25, 0.3) is 0 Å². The molecule has 158 valence electrons. The summed E-state index contributed by atoms with van der Waals surface area (Å²) in [5.74, 6) is 0.867. The molecule has 3 rings (SSSR count). The van der Waals surface area contributed by atoms with Crippen molar-refractivity contribution in [1.82, 2.24) is 20.5 Å². The number of piperidine rings is 1. The monoisotopic (exact) mass is 507 g/mol. The van der Waals surface area contributed by atoms with Gasteiger partial charge in [-0.05, 0) is 56.1 Å². The topological polar surface area (TPSA) is 52.6 Å². The van der Waals surface area contributed by atoms with Gasteiger partial charge in [0.05, 0.1) is 6.54 Å². The Bertz CT molecular complexity index is 729. The number of pyridine rings is 1. The second-order valence-corrected chi connectivity index (χ2v) is 7.30. The molecular formula is C23H34IN5. The summed E-state index contributed by atoms with van der Waals surface area (Å²) in [4.78, 5) is 11.8. The van der Waals surface area contributed by atoms with Crippen LogP contribution in [0.2, 0.25) is 0 Å². The summed E-state index contributed by atoms with van der Waals surface area (Å²) in [6.45, 7) is 7.94. The first-order valence-corrected chi connectivity index (χ1v) is 10.6. The molecule has 0 atom stereocenters. The fraction of sp³-hybridized carbons (Fsp3) is 0.478. The molecule has 1 aliphatic rings. The second kappa shape index (κ2) is 13.5. The molecule has 0 saturated carbocycles.